The van der Waals surface area contributed by atoms with Gasteiger partial charge in [0.15, 0.2) is 0 Å². The molecule has 0 spiro atoms. The van der Waals surface area contributed by atoms with E-state index in [9.17, 15) is 15.2 Å². The number of methoxy groups -OCH3 is 1. The molecule has 0 bridgehead atoms. The van der Waals surface area contributed by atoms with Crippen molar-refractivity contribution in [3.63, 3.8) is 0 Å². The molecule has 2 atom stereocenters. The second-order valence-electron chi connectivity index (χ2n) is 6.73. The Morgan fingerprint density at radius 2 is 2.00 bits per heavy atom. The molecule has 9 nitrogen and oxygen atoms in total. The zero-order valence-corrected chi connectivity index (χ0v) is 16.8. The molecule has 2 aromatic carbocycles. The van der Waals surface area contributed by atoms with Crippen LogP contribution in [0.5, 0.6) is 11.5 Å². The number of nitrogens with one attached hydrogen (secondary N) is 1. The first-order valence-electron chi connectivity index (χ1n) is 9.38. The van der Waals surface area contributed by atoms with E-state index in [1.807, 2.05) is 42.1 Å². The van der Waals surface area contributed by atoms with Crippen LogP contribution in [0.25, 0.3) is 0 Å². The molecule has 1 heterocycles. The number of aromatic nitrogens is 2. The number of hydrogen-bond donors (Lipinski definition) is 2. The van der Waals surface area contributed by atoms with E-state index in [1.165, 1.54) is 24.3 Å². The lowest BCUT2D eigenvalue weighted by molar-refractivity contribution is -0.384. The number of aliphatic hydroxyl groups is 1. The van der Waals surface area contributed by atoms with Crippen molar-refractivity contribution in [1.29, 1.82) is 0 Å². The number of non-ortho nitro benzene ring substituents is 1. The molecule has 0 saturated carbocycles. The molecule has 9 heteroatoms. The highest BCUT2D eigenvalue weighted by Crippen LogP contribution is 2.24. The molecular weight excluding hydrogens is 388 g/mol. The first kappa shape index (κ1) is 21.3. The van der Waals surface area contributed by atoms with E-state index >= 15 is 0 Å². The van der Waals surface area contributed by atoms with Crippen LogP contribution in [0.15, 0.2) is 60.9 Å². The molecule has 1 aromatic heterocycles. The Balaban J connectivity index is 1.63. The average Bonchev–Trinajstić information content (AvgIpc) is 3.18. The van der Waals surface area contributed by atoms with E-state index in [-0.39, 0.29) is 24.9 Å². The van der Waals surface area contributed by atoms with Gasteiger partial charge in [-0.15, -0.1) is 0 Å². The summed E-state index contributed by atoms with van der Waals surface area (Å²) in [6, 6.07) is 13.1. The van der Waals surface area contributed by atoms with Gasteiger partial charge in [-0.3, -0.25) is 10.1 Å². The standard InChI is InChI=1S/C21H24N4O5/c1-24-11-10-22-21(24)20(15-4-3-5-19(12-15)29-2)23-13-17(26)14-30-18-8-6-16(7-9-18)25(27)28/h3-12,17,20,23,26H,13-14H2,1-2H3. The molecule has 0 radical (unpaired) electrons. The second kappa shape index (κ2) is 9.86. The fraction of sp³-hybridized carbons (Fsp3) is 0.286. The third-order valence-electron chi connectivity index (χ3n) is 4.59. The molecule has 0 aliphatic carbocycles. The summed E-state index contributed by atoms with van der Waals surface area (Å²) in [7, 11) is 3.52. The fourth-order valence-electron chi connectivity index (χ4n) is 3.00. The Bertz CT molecular complexity index is 974. The molecule has 0 fully saturated rings. The maximum absolute atomic E-state index is 10.7. The molecule has 0 aliphatic rings. The Morgan fingerprint density at radius 3 is 2.63 bits per heavy atom. The number of benzene rings is 2. The van der Waals surface area contributed by atoms with E-state index in [4.69, 9.17) is 9.47 Å². The predicted octanol–water partition coefficient (Wildman–Crippen LogP) is 2.46. The van der Waals surface area contributed by atoms with E-state index in [0.717, 1.165) is 17.1 Å². The van der Waals surface area contributed by atoms with Gasteiger partial charge in [-0.05, 0) is 29.8 Å². The molecule has 3 aromatic rings. The quantitative estimate of drug-likeness (QED) is 0.389. The summed E-state index contributed by atoms with van der Waals surface area (Å²) < 4.78 is 12.8. The van der Waals surface area contributed by atoms with Crippen LogP contribution in [-0.4, -0.2) is 45.9 Å². The first-order valence-corrected chi connectivity index (χ1v) is 9.38. The van der Waals surface area contributed by atoms with Gasteiger partial charge in [-0.25, -0.2) is 4.98 Å². The van der Waals surface area contributed by atoms with Gasteiger partial charge in [0, 0.05) is 38.1 Å². The van der Waals surface area contributed by atoms with Crippen LogP contribution >= 0.6 is 0 Å². The van der Waals surface area contributed by atoms with Crippen LogP contribution in [0.3, 0.4) is 0 Å². The van der Waals surface area contributed by atoms with Gasteiger partial charge in [0.2, 0.25) is 0 Å². The number of ether oxygens (including phenoxy) is 2. The molecule has 2 N–H and O–H groups in total. The number of nitro benzene ring substituents is 1. The smallest absolute Gasteiger partial charge is 0.269 e. The highest BCUT2D eigenvalue weighted by molar-refractivity contribution is 5.36. The second-order valence-corrected chi connectivity index (χ2v) is 6.73. The summed E-state index contributed by atoms with van der Waals surface area (Å²) in [5, 5.41) is 24.4. The SMILES string of the molecule is COc1cccc(C(NCC(O)COc2ccc([N+](=O)[O-])cc2)c2nccn2C)c1. The maximum atomic E-state index is 10.7. The first-order chi connectivity index (χ1) is 14.5. The minimum atomic E-state index is -0.798. The monoisotopic (exact) mass is 412 g/mol. The van der Waals surface area contributed by atoms with Gasteiger partial charge in [0.1, 0.15) is 30.0 Å². The summed E-state index contributed by atoms with van der Waals surface area (Å²) in [6.45, 7) is 0.290. The normalized spacial score (nSPS) is 12.9. The lowest BCUT2D eigenvalue weighted by Gasteiger charge is -2.22. The Labute approximate surface area is 174 Å². The van der Waals surface area contributed by atoms with Gasteiger partial charge in [0.25, 0.3) is 5.69 Å². The molecular formula is C21H24N4O5. The lowest BCUT2D eigenvalue weighted by atomic mass is 10.1. The number of aryl methyl sites for hydroxylation is 1. The third kappa shape index (κ3) is 5.34. The van der Waals surface area contributed by atoms with Crippen LogP contribution in [0, 0.1) is 10.1 Å². The van der Waals surface area contributed by atoms with Crippen molar-refractivity contribution in [2.45, 2.75) is 12.1 Å². The van der Waals surface area contributed by atoms with Crippen molar-refractivity contribution < 1.29 is 19.5 Å². The van der Waals surface area contributed by atoms with Gasteiger partial charge in [0.05, 0.1) is 18.1 Å². The van der Waals surface area contributed by atoms with E-state index in [2.05, 4.69) is 10.3 Å². The molecule has 3 rings (SSSR count). The molecule has 158 valence electrons. The molecule has 30 heavy (non-hydrogen) atoms. The highest BCUT2D eigenvalue weighted by atomic mass is 16.6. The van der Waals surface area contributed by atoms with Gasteiger partial charge in [-0.1, -0.05) is 12.1 Å². The van der Waals surface area contributed by atoms with Crippen LogP contribution in [0.1, 0.15) is 17.4 Å². The molecule has 0 amide bonds. The lowest BCUT2D eigenvalue weighted by Crippen LogP contribution is -2.35. The van der Waals surface area contributed by atoms with E-state index in [0.29, 0.717) is 5.75 Å². The zero-order chi connectivity index (χ0) is 21.5. The van der Waals surface area contributed by atoms with Crippen molar-refractivity contribution in [2.24, 2.45) is 7.05 Å². The summed E-state index contributed by atoms with van der Waals surface area (Å²) in [4.78, 5) is 14.7. The summed E-state index contributed by atoms with van der Waals surface area (Å²) in [5.74, 6) is 1.98. The third-order valence-corrected chi connectivity index (χ3v) is 4.59. The number of nitro groups is 1. The van der Waals surface area contributed by atoms with Crippen molar-refractivity contribution in [2.75, 3.05) is 20.3 Å². The van der Waals surface area contributed by atoms with Crippen molar-refractivity contribution in [3.05, 3.63) is 82.4 Å². The largest absolute Gasteiger partial charge is 0.497 e. The van der Waals surface area contributed by atoms with Crippen LogP contribution < -0.4 is 14.8 Å². The van der Waals surface area contributed by atoms with Crippen molar-refractivity contribution in [1.82, 2.24) is 14.9 Å². The minimum Gasteiger partial charge on any atom is -0.497 e. The topological polar surface area (TPSA) is 112 Å². The number of aliphatic hydroxyl groups excluding tert-OH is 1. The molecule has 2 unspecified atom stereocenters. The van der Waals surface area contributed by atoms with Gasteiger partial charge in [-0.2, -0.15) is 0 Å². The van der Waals surface area contributed by atoms with Crippen molar-refractivity contribution in [3.8, 4) is 11.5 Å². The molecule has 0 saturated heterocycles. The van der Waals surface area contributed by atoms with E-state index < -0.39 is 11.0 Å². The average molecular weight is 412 g/mol. The zero-order valence-electron chi connectivity index (χ0n) is 16.8. The highest BCUT2D eigenvalue weighted by Gasteiger charge is 2.20. The Morgan fingerprint density at radius 1 is 1.23 bits per heavy atom. The number of hydrogen-bond acceptors (Lipinski definition) is 7. The summed E-state index contributed by atoms with van der Waals surface area (Å²) >= 11 is 0. The number of imidazole rings is 1. The fourth-order valence-corrected chi connectivity index (χ4v) is 3.00. The van der Waals surface area contributed by atoms with Crippen LogP contribution in [0.4, 0.5) is 5.69 Å². The van der Waals surface area contributed by atoms with Crippen LogP contribution in [-0.2, 0) is 7.05 Å². The number of rotatable bonds is 10. The maximum Gasteiger partial charge on any atom is 0.269 e. The Kier molecular flexibility index (Phi) is 6.99. The summed E-state index contributed by atoms with van der Waals surface area (Å²) in [6.07, 6.45) is 2.78. The van der Waals surface area contributed by atoms with Crippen molar-refractivity contribution >= 4 is 5.69 Å². The van der Waals surface area contributed by atoms with Gasteiger partial charge >= 0.3 is 0 Å². The predicted molar refractivity (Wildman–Crippen MR) is 111 cm³/mol. The Hall–Kier alpha value is -3.43. The summed E-state index contributed by atoms with van der Waals surface area (Å²) in [5.41, 5.74) is 0.938. The van der Waals surface area contributed by atoms with Crippen LogP contribution in [0.2, 0.25) is 0 Å². The van der Waals surface area contributed by atoms with E-state index in [1.54, 1.807) is 13.3 Å². The molecule has 0 aliphatic heterocycles. The minimum absolute atomic E-state index is 0.0132. The number of nitrogens with zero attached hydrogens (tertiary/aromatic N) is 3. The van der Waals surface area contributed by atoms with Gasteiger partial charge < -0.3 is 24.5 Å².